The van der Waals surface area contributed by atoms with E-state index in [0.29, 0.717) is 12.6 Å². The maximum Gasteiger partial charge on any atom is 0.340 e. The molecular formula is C12H14F2N2O3. The summed E-state index contributed by atoms with van der Waals surface area (Å²) in [6, 6.07) is 1.43. The highest BCUT2D eigenvalue weighted by molar-refractivity contribution is 5.95. The van der Waals surface area contributed by atoms with Crippen molar-refractivity contribution in [3.63, 3.8) is 0 Å². The highest BCUT2D eigenvalue weighted by Gasteiger charge is 2.17. The van der Waals surface area contributed by atoms with Gasteiger partial charge in [0.1, 0.15) is 11.6 Å². The predicted octanol–water partition coefficient (Wildman–Crippen LogP) is 1.30. The molecule has 0 saturated heterocycles. The van der Waals surface area contributed by atoms with E-state index >= 15 is 0 Å². The number of anilines is 1. The van der Waals surface area contributed by atoms with Crippen molar-refractivity contribution in [1.82, 2.24) is 5.32 Å². The van der Waals surface area contributed by atoms with Crippen molar-refractivity contribution < 1.29 is 23.1 Å². The molecule has 0 saturated carbocycles. The molecule has 1 amide bonds. The number of likely N-dealkylation sites (N-methyl/N-ethyl adjacent to an activating group) is 1. The van der Waals surface area contributed by atoms with Crippen LogP contribution in [0.1, 0.15) is 17.3 Å². The van der Waals surface area contributed by atoms with Crippen LogP contribution in [0.3, 0.4) is 0 Å². The predicted molar refractivity (Wildman–Crippen MR) is 64.9 cm³/mol. The van der Waals surface area contributed by atoms with E-state index in [0.717, 1.165) is 13.2 Å². The number of amides is 1. The Balaban J connectivity index is 2.95. The van der Waals surface area contributed by atoms with Crippen LogP contribution in [0.5, 0.6) is 0 Å². The summed E-state index contributed by atoms with van der Waals surface area (Å²) in [5.74, 6) is -3.45. The van der Waals surface area contributed by atoms with Crippen LogP contribution >= 0.6 is 0 Å². The van der Waals surface area contributed by atoms with Gasteiger partial charge in [-0.1, -0.05) is 6.92 Å². The minimum Gasteiger partial charge on any atom is -0.465 e. The monoisotopic (exact) mass is 272 g/mol. The number of ether oxygens (including phenoxy) is 1. The first-order chi connectivity index (χ1) is 8.99. The molecule has 0 fully saturated rings. The zero-order valence-electron chi connectivity index (χ0n) is 10.5. The topological polar surface area (TPSA) is 67.4 Å². The fourth-order valence-corrected chi connectivity index (χ4v) is 1.34. The molecule has 0 aromatic heterocycles. The highest BCUT2D eigenvalue weighted by atomic mass is 19.1. The summed E-state index contributed by atoms with van der Waals surface area (Å²) in [6.07, 6.45) is 0. The maximum absolute atomic E-state index is 13.5. The maximum atomic E-state index is 13.5. The van der Waals surface area contributed by atoms with Crippen LogP contribution in [-0.4, -0.2) is 32.1 Å². The third-order valence-electron chi connectivity index (χ3n) is 2.27. The molecule has 0 heterocycles. The summed E-state index contributed by atoms with van der Waals surface area (Å²) in [6.45, 7) is 2.37. The van der Waals surface area contributed by atoms with E-state index in [9.17, 15) is 18.4 Å². The molecule has 2 N–H and O–H groups in total. The van der Waals surface area contributed by atoms with Crippen molar-refractivity contribution in [3.8, 4) is 0 Å². The molecule has 1 aromatic carbocycles. The quantitative estimate of drug-likeness (QED) is 0.793. The number of hydrogen-bond donors (Lipinski definition) is 2. The van der Waals surface area contributed by atoms with E-state index in [1.54, 1.807) is 6.92 Å². The lowest BCUT2D eigenvalue weighted by molar-refractivity contribution is -0.115. The van der Waals surface area contributed by atoms with Gasteiger partial charge in [-0.2, -0.15) is 0 Å². The number of nitrogens with one attached hydrogen (secondary N) is 2. The first kappa shape index (κ1) is 15.0. The second-order valence-electron chi connectivity index (χ2n) is 3.63. The Hall–Kier alpha value is -2.02. The van der Waals surface area contributed by atoms with Crippen molar-refractivity contribution in [2.24, 2.45) is 0 Å². The van der Waals surface area contributed by atoms with Gasteiger partial charge < -0.3 is 15.4 Å². The molecule has 0 aliphatic carbocycles. The lowest BCUT2D eigenvalue weighted by Crippen LogP contribution is -2.28. The first-order valence-corrected chi connectivity index (χ1v) is 5.57. The van der Waals surface area contributed by atoms with Gasteiger partial charge in [0.2, 0.25) is 5.91 Å². The van der Waals surface area contributed by atoms with Crippen LogP contribution in [0.4, 0.5) is 14.5 Å². The van der Waals surface area contributed by atoms with Crippen LogP contribution in [0, 0.1) is 11.6 Å². The zero-order chi connectivity index (χ0) is 14.4. The van der Waals surface area contributed by atoms with Gasteiger partial charge in [0, 0.05) is 6.07 Å². The average molecular weight is 272 g/mol. The SMILES string of the molecule is CCNCC(=O)Nc1cc(C(=O)OC)c(F)cc1F. The number of hydrogen-bond acceptors (Lipinski definition) is 4. The summed E-state index contributed by atoms with van der Waals surface area (Å²) >= 11 is 0. The van der Waals surface area contributed by atoms with Crippen LogP contribution in [0.15, 0.2) is 12.1 Å². The Morgan fingerprint density at radius 1 is 1.26 bits per heavy atom. The number of carbonyl (C=O) groups excluding carboxylic acids is 2. The molecule has 0 atom stereocenters. The normalized spacial score (nSPS) is 10.1. The van der Waals surface area contributed by atoms with Crippen molar-refractivity contribution in [3.05, 3.63) is 29.3 Å². The molecule has 5 nitrogen and oxygen atoms in total. The van der Waals surface area contributed by atoms with E-state index in [1.807, 2.05) is 0 Å². The Bertz CT molecular complexity index is 492. The van der Waals surface area contributed by atoms with Crippen molar-refractivity contribution in [1.29, 1.82) is 0 Å². The number of benzene rings is 1. The Morgan fingerprint density at radius 2 is 1.95 bits per heavy atom. The van der Waals surface area contributed by atoms with Crippen molar-refractivity contribution in [2.75, 3.05) is 25.5 Å². The number of halogens is 2. The third-order valence-corrected chi connectivity index (χ3v) is 2.27. The van der Waals surface area contributed by atoms with Gasteiger partial charge in [-0.15, -0.1) is 0 Å². The summed E-state index contributed by atoms with van der Waals surface area (Å²) < 4.78 is 31.2. The van der Waals surface area contributed by atoms with Crippen LogP contribution in [0.2, 0.25) is 0 Å². The fourth-order valence-electron chi connectivity index (χ4n) is 1.34. The summed E-state index contributed by atoms with van der Waals surface area (Å²) in [7, 11) is 1.08. The smallest absolute Gasteiger partial charge is 0.340 e. The Labute approximate surface area is 108 Å². The van der Waals surface area contributed by atoms with Crippen molar-refractivity contribution in [2.45, 2.75) is 6.92 Å². The number of methoxy groups -OCH3 is 1. The zero-order valence-corrected chi connectivity index (χ0v) is 10.5. The van der Waals surface area contributed by atoms with Gasteiger partial charge in [0.05, 0.1) is 24.9 Å². The first-order valence-electron chi connectivity index (χ1n) is 5.57. The van der Waals surface area contributed by atoms with Gasteiger partial charge in [-0.05, 0) is 12.6 Å². The van der Waals surface area contributed by atoms with E-state index in [2.05, 4.69) is 15.4 Å². The molecule has 19 heavy (non-hydrogen) atoms. The molecule has 104 valence electrons. The average Bonchev–Trinajstić information content (AvgIpc) is 2.38. The summed E-state index contributed by atoms with van der Waals surface area (Å²) in [5, 5.41) is 4.99. The van der Waals surface area contributed by atoms with Gasteiger partial charge in [0.15, 0.2) is 0 Å². The summed E-state index contributed by atoms with van der Waals surface area (Å²) in [4.78, 5) is 22.7. The summed E-state index contributed by atoms with van der Waals surface area (Å²) in [5.41, 5.74) is -0.715. The van der Waals surface area contributed by atoms with Gasteiger partial charge in [-0.25, -0.2) is 13.6 Å². The molecule has 1 aromatic rings. The largest absolute Gasteiger partial charge is 0.465 e. The van der Waals surface area contributed by atoms with Crippen LogP contribution in [-0.2, 0) is 9.53 Å². The van der Waals surface area contributed by atoms with Crippen molar-refractivity contribution >= 4 is 17.6 Å². The molecule has 0 radical (unpaired) electrons. The van der Waals surface area contributed by atoms with Crippen LogP contribution < -0.4 is 10.6 Å². The molecule has 0 aliphatic rings. The minimum absolute atomic E-state index is 0.0130. The van der Waals surface area contributed by atoms with E-state index < -0.39 is 29.1 Å². The van der Waals surface area contributed by atoms with Gasteiger partial charge in [0.25, 0.3) is 0 Å². The molecule has 0 bridgehead atoms. The molecule has 0 spiro atoms. The standard InChI is InChI=1S/C12H14F2N2O3/c1-3-15-6-11(17)16-10-4-7(12(18)19-2)8(13)5-9(10)14/h4-5,15H,3,6H2,1-2H3,(H,16,17). The fraction of sp³-hybridized carbons (Fsp3) is 0.333. The third kappa shape index (κ3) is 3.99. The lowest BCUT2D eigenvalue weighted by Gasteiger charge is -2.09. The Morgan fingerprint density at radius 3 is 2.53 bits per heavy atom. The second-order valence-corrected chi connectivity index (χ2v) is 3.63. The van der Waals surface area contributed by atoms with Crippen LogP contribution in [0.25, 0.3) is 0 Å². The second kappa shape index (κ2) is 6.79. The molecule has 7 heteroatoms. The van der Waals surface area contributed by atoms with Gasteiger partial charge in [-0.3, -0.25) is 4.79 Å². The number of esters is 1. The molecular weight excluding hydrogens is 258 g/mol. The molecule has 1 rings (SSSR count). The van der Waals surface area contributed by atoms with E-state index in [1.165, 1.54) is 0 Å². The number of carbonyl (C=O) groups is 2. The lowest BCUT2D eigenvalue weighted by atomic mass is 10.1. The van der Waals surface area contributed by atoms with E-state index in [-0.39, 0.29) is 12.2 Å². The number of rotatable bonds is 5. The minimum atomic E-state index is -1.05. The van der Waals surface area contributed by atoms with Gasteiger partial charge >= 0.3 is 5.97 Å². The molecule has 0 aliphatic heterocycles. The van der Waals surface area contributed by atoms with E-state index in [4.69, 9.17) is 0 Å². The Kier molecular flexibility index (Phi) is 5.37. The highest BCUT2D eigenvalue weighted by Crippen LogP contribution is 2.20. The molecule has 0 unspecified atom stereocenters.